The summed E-state index contributed by atoms with van der Waals surface area (Å²) in [7, 11) is 1.46. The quantitative estimate of drug-likeness (QED) is 0.737. The van der Waals surface area contributed by atoms with Gasteiger partial charge in [0, 0.05) is 7.05 Å². The molecule has 88 valence electrons. The summed E-state index contributed by atoms with van der Waals surface area (Å²) >= 11 is 0. The fourth-order valence-electron chi connectivity index (χ4n) is 0.790. The molecule has 0 radical (unpaired) electrons. The van der Waals surface area contributed by atoms with Crippen LogP contribution in [0, 0.1) is 0 Å². The van der Waals surface area contributed by atoms with Gasteiger partial charge < -0.3 is 14.7 Å². The number of hydrogen-bond acceptors (Lipinski definition) is 3. The predicted octanol–water partition coefficient (Wildman–Crippen LogP) is 0.733. The minimum atomic E-state index is -1.21. The van der Waals surface area contributed by atoms with Crippen LogP contribution in [0.5, 0.6) is 0 Å². The molecule has 0 spiro atoms. The van der Waals surface area contributed by atoms with Crippen LogP contribution in [0.1, 0.15) is 27.7 Å². The summed E-state index contributed by atoms with van der Waals surface area (Å²) in [6.45, 7) is 6.49. The molecule has 1 amide bonds. The third-order valence-corrected chi connectivity index (χ3v) is 2.28. The molecule has 5 heteroatoms. The first-order chi connectivity index (χ1) is 6.69. The summed E-state index contributed by atoms with van der Waals surface area (Å²) < 4.78 is 5.12. The molecule has 0 fully saturated rings. The van der Waals surface area contributed by atoms with Crippen molar-refractivity contribution in [1.29, 1.82) is 0 Å². The molecule has 0 aliphatic heterocycles. The Labute approximate surface area is 90.0 Å². The summed E-state index contributed by atoms with van der Waals surface area (Å²) in [5, 5.41) is 8.90. The van der Waals surface area contributed by atoms with Crippen molar-refractivity contribution in [3.63, 3.8) is 0 Å². The van der Waals surface area contributed by atoms with E-state index < -0.39 is 11.5 Å². The second-order valence-electron chi connectivity index (χ2n) is 4.18. The van der Waals surface area contributed by atoms with Crippen molar-refractivity contribution >= 4 is 11.9 Å². The van der Waals surface area contributed by atoms with Crippen LogP contribution in [0.25, 0.3) is 0 Å². The number of carboxylic acids is 1. The van der Waals surface area contributed by atoms with Gasteiger partial charge in [-0.2, -0.15) is 0 Å². The number of amides is 1. The summed E-state index contributed by atoms with van der Waals surface area (Å²) in [5.41, 5.74) is -1.21. The van der Waals surface area contributed by atoms with E-state index in [0.29, 0.717) is 0 Å². The van der Waals surface area contributed by atoms with Crippen LogP contribution < -0.4 is 0 Å². The normalized spacial score (nSPS) is 11.6. The lowest BCUT2D eigenvalue weighted by Gasteiger charge is -2.31. The number of aliphatic carboxylic acids is 1. The number of carboxylic acid groups (broad SMARTS) is 1. The largest absolute Gasteiger partial charge is 0.480 e. The monoisotopic (exact) mass is 217 g/mol. The van der Waals surface area contributed by atoms with Crippen LogP contribution in [-0.4, -0.2) is 47.2 Å². The third kappa shape index (κ3) is 3.87. The Bertz CT molecular complexity index is 248. The maximum Gasteiger partial charge on any atom is 0.329 e. The average Bonchev–Trinajstić information content (AvgIpc) is 2.12. The van der Waals surface area contributed by atoms with Gasteiger partial charge in [0.25, 0.3) is 0 Å². The Balaban J connectivity index is 4.38. The van der Waals surface area contributed by atoms with E-state index in [4.69, 9.17) is 9.84 Å². The van der Waals surface area contributed by atoms with Gasteiger partial charge in [-0.3, -0.25) is 4.79 Å². The van der Waals surface area contributed by atoms with Crippen molar-refractivity contribution in [2.75, 3.05) is 13.7 Å². The summed E-state index contributed by atoms with van der Waals surface area (Å²) in [6, 6.07) is 0. The van der Waals surface area contributed by atoms with E-state index in [0.717, 1.165) is 0 Å². The van der Waals surface area contributed by atoms with Gasteiger partial charge in [-0.25, -0.2) is 4.79 Å². The molecule has 0 saturated carbocycles. The highest BCUT2D eigenvalue weighted by atomic mass is 16.5. The van der Waals surface area contributed by atoms with Gasteiger partial charge in [-0.05, 0) is 27.7 Å². The highest BCUT2D eigenvalue weighted by Crippen LogP contribution is 2.12. The smallest absolute Gasteiger partial charge is 0.329 e. The zero-order valence-electron chi connectivity index (χ0n) is 9.90. The lowest BCUT2D eigenvalue weighted by atomic mass is 10.0. The van der Waals surface area contributed by atoms with Crippen molar-refractivity contribution in [2.45, 2.75) is 39.3 Å². The zero-order valence-corrected chi connectivity index (χ0v) is 9.90. The number of carbonyl (C=O) groups excluding carboxylic acids is 1. The molecule has 15 heavy (non-hydrogen) atoms. The van der Waals surface area contributed by atoms with Gasteiger partial charge in [0.1, 0.15) is 12.1 Å². The predicted molar refractivity (Wildman–Crippen MR) is 55.6 cm³/mol. The Morgan fingerprint density at radius 2 is 1.87 bits per heavy atom. The zero-order chi connectivity index (χ0) is 12.2. The van der Waals surface area contributed by atoms with E-state index in [1.54, 1.807) is 0 Å². The summed E-state index contributed by atoms with van der Waals surface area (Å²) in [4.78, 5) is 23.6. The molecule has 0 rings (SSSR count). The van der Waals surface area contributed by atoms with E-state index in [9.17, 15) is 9.59 Å². The first-order valence-electron chi connectivity index (χ1n) is 4.81. The van der Waals surface area contributed by atoms with E-state index in [1.165, 1.54) is 25.8 Å². The summed E-state index contributed by atoms with van der Waals surface area (Å²) in [6.07, 6.45) is -0.0460. The first kappa shape index (κ1) is 13.9. The molecule has 1 N–H and O–H groups in total. The number of ether oxygens (including phenoxy) is 1. The van der Waals surface area contributed by atoms with Crippen LogP contribution in [0.4, 0.5) is 0 Å². The van der Waals surface area contributed by atoms with Crippen LogP contribution in [-0.2, 0) is 14.3 Å². The first-order valence-corrected chi connectivity index (χ1v) is 4.81. The molecule has 0 unspecified atom stereocenters. The van der Waals surface area contributed by atoms with E-state index in [1.807, 2.05) is 13.8 Å². The Hall–Kier alpha value is -1.10. The number of nitrogens with zero attached hydrogens (tertiary/aromatic N) is 1. The second-order valence-corrected chi connectivity index (χ2v) is 4.18. The minimum absolute atomic E-state index is 0.0460. The molecule has 0 heterocycles. The Morgan fingerprint density at radius 3 is 2.20 bits per heavy atom. The Morgan fingerprint density at radius 1 is 1.40 bits per heavy atom. The van der Waals surface area contributed by atoms with Crippen molar-refractivity contribution in [2.24, 2.45) is 0 Å². The minimum Gasteiger partial charge on any atom is -0.480 e. The van der Waals surface area contributed by atoms with Crippen LogP contribution in [0.15, 0.2) is 0 Å². The van der Waals surface area contributed by atoms with E-state index in [-0.39, 0.29) is 18.6 Å². The second kappa shape index (κ2) is 5.11. The van der Waals surface area contributed by atoms with Crippen LogP contribution >= 0.6 is 0 Å². The molecule has 0 aromatic carbocycles. The van der Waals surface area contributed by atoms with Crippen molar-refractivity contribution < 1.29 is 19.4 Å². The van der Waals surface area contributed by atoms with Crippen LogP contribution in [0.2, 0.25) is 0 Å². The topological polar surface area (TPSA) is 66.8 Å². The molecule has 0 aliphatic rings. The summed E-state index contributed by atoms with van der Waals surface area (Å²) in [5.74, 6) is -1.38. The van der Waals surface area contributed by atoms with Gasteiger partial charge in [-0.15, -0.1) is 0 Å². The standard InChI is InChI=1S/C10H19NO4/c1-7(2)15-6-8(12)11(5)10(3,4)9(13)14/h7H,6H2,1-5H3,(H,13,14). The fraction of sp³-hybridized carbons (Fsp3) is 0.800. The fourth-order valence-corrected chi connectivity index (χ4v) is 0.790. The maximum atomic E-state index is 11.5. The third-order valence-electron chi connectivity index (χ3n) is 2.28. The number of carbonyl (C=O) groups is 2. The number of hydrogen-bond donors (Lipinski definition) is 1. The molecule has 0 saturated heterocycles. The van der Waals surface area contributed by atoms with Gasteiger partial charge in [0.05, 0.1) is 6.10 Å². The highest BCUT2D eigenvalue weighted by Gasteiger charge is 2.35. The number of rotatable bonds is 5. The van der Waals surface area contributed by atoms with Crippen molar-refractivity contribution in [1.82, 2.24) is 4.90 Å². The SMILES string of the molecule is CC(C)OCC(=O)N(C)C(C)(C)C(=O)O. The lowest BCUT2D eigenvalue weighted by molar-refractivity contribution is -0.157. The molecule has 0 atom stereocenters. The van der Waals surface area contributed by atoms with Crippen molar-refractivity contribution in [3.8, 4) is 0 Å². The molecule has 0 aromatic rings. The number of likely N-dealkylation sites (N-methyl/N-ethyl adjacent to an activating group) is 1. The maximum absolute atomic E-state index is 11.5. The Kier molecular flexibility index (Phi) is 4.74. The van der Waals surface area contributed by atoms with Crippen LogP contribution in [0.3, 0.4) is 0 Å². The molecule has 5 nitrogen and oxygen atoms in total. The van der Waals surface area contributed by atoms with Gasteiger partial charge in [0.15, 0.2) is 0 Å². The van der Waals surface area contributed by atoms with Gasteiger partial charge >= 0.3 is 5.97 Å². The molecular formula is C10H19NO4. The average molecular weight is 217 g/mol. The van der Waals surface area contributed by atoms with Crippen molar-refractivity contribution in [3.05, 3.63) is 0 Å². The lowest BCUT2D eigenvalue weighted by Crippen LogP contribution is -2.52. The van der Waals surface area contributed by atoms with Gasteiger partial charge in [0.2, 0.25) is 5.91 Å². The highest BCUT2D eigenvalue weighted by molar-refractivity contribution is 5.86. The van der Waals surface area contributed by atoms with E-state index in [2.05, 4.69) is 0 Å². The van der Waals surface area contributed by atoms with E-state index >= 15 is 0 Å². The molecule has 0 aliphatic carbocycles. The molecule has 0 bridgehead atoms. The molecular weight excluding hydrogens is 198 g/mol. The molecule has 0 aromatic heterocycles. The van der Waals surface area contributed by atoms with Gasteiger partial charge in [-0.1, -0.05) is 0 Å².